The van der Waals surface area contributed by atoms with E-state index in [2.05, 4.69) is 5.32 Å². The summed E-state index contributed by atoms with van der Waals surface area (Å²) in [6, 6.07) is 9.59. The number of aliphatic hydroxyl groups is 1. The molecule has 0 atom stereocenters. The van der Waals surface area contributed by atoms with Gasteiger partial charge in [0.05, 0.1) is 13.2 Å². The normalized spacial score (nSPS) is 10.5. The quantitative estimate of drug-likeness (QED) is 0.839. The molecular weight excluding hydrogens is 242 g/mol. The Kier molecular flexibility index (Phi) is 4.47. The lowest BCUT2D eigenvalue weighted by Crippen LogP contribution is -2.00. The van der Waals surface area contributed by atoms with E-state index in [9.17, 15) is 0 Å². The second kappa shape index (κ2) is 6.29. The number of aliphatic hydroxyl groups excluding tert-OH is 1. The van der Waals surface area contributed by atoms with Crippen molar-refractivity contribution >= 4 is 5.69 Å². The second-order valence-electron chi connectivity index (χ2n) is 4.29. The summed E-state index contributed by atoms with van der Waals surface area (Å²) in [5, 5.41) is 12.2. The van der Waals surface area contributed by atoms with Gasteiger partial charge in [0, 0.05) is 5.69 Å². The predicted molar refractivity (Wildman–Crippen MR) is 74.3 cm³/mol. The Balaban J connectivity index is 1.99. The van der Waals surface area contributed by atoms with Gasteiger partial charge < -0.3 is 19.6 Å². The van der Waals surface area contributed by atoms with E-state index in [1.807, 2.05) is 38.1 Å². The van der Waals surface area contributed by atoms with Gasteiger partial charge >= 0.3 is 0 Å². The molecule has 0 saturated heterocycles. The number of benzene rings is 1. The number of aryl methyl sites for hydroxylation is 1. The molecule has 2 N–H and O–H groups in total. The molecule has 102 valence electrons. The first-order valence-electron chi connectivity index (χ1n) is 6.38. The van der Waals surface area contributed by atoms with Crippen LogP contribution in [0.4, 0.5) is 5.69 Å². The maximum Gasteiger partial charge on any atom is 0.129 e. The van der Waals surface area contributed by atoms with E-state index in [1.54, 1.807) is 6.07 Å². The fourth-order valence-corrected chi connectivity index (χ4v) is 1.88. The van der Waals surface area contributed by atoms with Crippen LogP contribution in [0.15, 0.2) is 34.7 Å². The van der Waals surface area contributed by atoms with E-state index in [0.717, 1.165) is 22.8 Å². The van der Waals surface area contributed by atoms with Gasteiger partial charge in [0.15, 0.2) is 0 Å². The fourth-order valence-electron chi connectivity index (χ4n) is 1.88. The number of nitrogens with one attached hydrogen (secondary N) is 1. The highest BCUT2D eigenvalue weighted by Crippen LogP contribution is 2.22. The molecular formula is C15H19NO3. The molecule has 0 aliphatic rings. The Bertz CT molecular complexity index is 534. The van der Waals surface area contributed by atoms with Crippen molar-refractivity contribution in [1.82, 2.24) is 0 Å². The zero-order chi connectivity index (χ0) is 13.7. The molecule has 0 fully saturated rings. The van der Waals surface area contributed by atoms with Gasteiger partial charge in [0.25, 0.3) is 0 Å². The lowest BCUT2D eigenvalue weighted by molar-refractivity contribution is 0.244. The molecule has 0 radical (unpaired) electrons. The molecule has 2 aromatic rings. The van der Waals surface area contributed by atoms with E-state index in [1.165, 1.54) is 0 Å². The molecule has 1 aromatic heterocycles. The van der Waals surface area contributed by atoms with Crippen LogP contribution in [0.2, 0.25) is 0 Å². The molecule has 0 unspecified atom stereocenters. The van der Waals surface area contributed by atoms with Gasteiger partial charge in [0.1, 0.15) is 23.9 Å². The van der Waals surface area contributed by atoms with Crippen molar-refractivity contribution in [3.8, 4) is 5.75 Å². The van der Waals surface area contributed by atoms with Crippen LogP contribution < -0.4 is 10.1 Å². The Morgan fingerprint density at radius 1 is 1.21 bits per heavy atom. The third kappa shape index (κ3) is 3.51. The molecule has 2 rings (SSSR count). The lowest BCUT2D eigenvalue weighted by atomic mass is 10.2. The molecule has 0 amide bonds. The third-order valence-electron chi connectivity index (χ3n) is 2.84. The zero-order valence-corrected chi connectivity index (χ0v) is 11.3. The van der Waals surface area contributed by atoms with Crippen molar-refractivity contribution in [2.45, 2.75) is 27.0 Å². The van der Waals surface area contributed by atoms with E-state index < -0.39 is 0 Å². The van der Waals surface area contributed by atoms with Crippen LogP contribution in [0.5, 0.6) is 5.75 Å². The smallest absolute Gasteiger partial charge is 0.129 e. The molecule has 4 heteroatoms. The highest BCUT2D eigenvalue weighted by Gasteiger charge is 2.03. The summed E-state index contributed by atoms with van der Waals surface area (Å²) in [5.74, 6) is 2.27. The zero-order valence-electron chi connectivity index (χ0n) is 11.3. The van der Waals surface area contributed by atoms with E-state index in [0.29, 0.717) is 18.9 Å². The van der Waals surface area contributed by atoms with Crippen LogP contribution in [0, 0.1) is 6.92 Å². The Morgan fingerprint density at radius 2 is 2.00 bits per heavy atom. The topological polar surface area (TPSA) is 54.6 Å². The van der Waals surface area contributed by atoms with Gasteiger partial charge in [-0.3, -0.25) is 0 Å². The van der Waals surface area contributed by atoms with Crippen molar-refractivity contribution in [2.75, 3.05) is 11.9 Å². The number of furan rings is 1. The molecule has 0 bridgehead atoms. The minimum atomic E-state index is -0.0674. The Morgan fingerprint density at radius 3 is 2.63 bits per heavy atom. The van der Waals surface area contributed by atoms with Crippen molar-refractivity contribution in [3.05, 3.63) is 47.4 Å². The minimum absolute atomic E-state index is 0.0674. The van der Waals surface area contributed by atoms with E-state index in [-0.39, 0.29) is 6.61 Å². The third-order valence-corrected chi connectivity index (χ3v) is 2.84. The first-order valence-corrected chi connectivity index (χ1v) is 6.38. The van der Waals surface area contributed by atoms with Crippen LogP contribution >= 0.6 is 0 Å². The predicted octanol–water partition coefficient (Wildman–Crippen LogP) is 3.09. The van der Waals surface area contributed by atoms with E-state index >= 15 is 0 Å². The highest BCUT2D eigenvalue weighted by atomic mass is 16.5. The molecule has 0 aliphatic heterocycles. The van der Waals surface area contributed by atoms with Gasteiger partial charge in [-0.1, -0.05) is 0 Å². The summed E-state index contributed by atoms with van der Waals surface area (Å²) in [4.78, 5) is 0. The van der Waals surface area contributed by atoms with Gasteiger partial charge in [-0.2, -0.15) is 0 Å². The van der Waals surface area contributed by atoms with E-state index in [4.69, 9.17) is 14.3 Å². The number of ether oxygens (including phenoxy) is 1. The number of rotatable bonds is 6. The molecule has 0 spiro atoms. The summed E-state index contributed by atoms with van der Waals surface area (Å²) in [5.41, 5.74) is 2.17. The van der Waals surface area contributed by atoms with Crippen LogP contribution in [0.1, 0.15) is 24.0 Å². The second-order valence-corrected chi connectivity index (χ2v) is 4.29. The summed E-state index contributed by atoms with van der Waals surface area (Å²) in [6.45, 7) is 5.20. The molecule has 1 aromatic carbocycles. The van der Waals surface area contributed by atoms with Crippen LogP contribution in [0.3, 0.4) is 0 Å². The van der Waals surface area contributed by atoms with Crippen LogP contribution in [-0.2, 0) is 13.2 Å². The molecule has 19 heavy (non-hydrogen) atoms. The summed E-state index contributed by atoms with van der Waals surface area (Å²) in [7, 11) is 0. The van der Waals surface area contributed by atoms with Crippen LogP contribution in [0.25, 0.3) is 0 Å². The maximum atomic E-state index is 8.93. The average Bonchev–Trinajstić information content (AvgIpc) is 2.86. The van der Waals surface area contributed by atoms with Crippen molar-refractivity contribution in [3.63, 3.8) is 0 Å². The Hall–Kier alpha value is -1.94. The SMILES string of the molecule is CCOc1ccc(NCc2ccc(CO)o2)c(C)c1. The maximum absolute atomic E-state index is 8.93. The Labute approximate surface area is 113 Å². The first-order chi connectivity index (χ1) is 9.22. The summed E-state index contributed by atoms with van der Waals surface area (Å²) < 4.78 is 10.9. The van der Waals surface area contributed by atoms with Crippen molar-refractivity contribution in [1.29, 1.82) is 0 Å². The largest absolute Gasteiger partial charge is 0.494 e. The summed E-state index contributed by atoms with van der Waals surface area (Å²) >= 11 is 0. The lowest BCUT2D eigenvalue weighted by Gasteiger charge is -2.10. The molecule has 0 saturated carbocycles. The summed E-state index contributed by atoms with van der Waals surface area (Å²) in [6.07, 6.45) is 0. The van der Waals surface area contributed by atoms with Gasteiger partial charge in [-0.05, 0) is 49.7 Å². The van der Waals surface area contributed by atoms with Crippen LogP contribution in [-0.4, -0.2) is 11.7 Å². The number of anilines is 1. The standard InChI is InChI=1S/C15H19NO3/c1-3-18-12-6-7-15(11(2)8-12)16-9-13-4-5-14(10-17)19-13/h4-8,16-17H,3,9-10H2,1-2H3. The first kappa shape index (κ1) is 13.5. The van der Waals surface area contributed by atoms with Gasteiger partial charge in [-0.15, -0.1) is 0 Å². The number of hydrogen-bond donors (Lipinski definition) is 2. The number of hydrogen-bond acceptors (Lipinski definition) is 4. The fraction of sp³-hybridized carbons (Fsp3) is 0.333. The van der Waals surface area contributed by atoms with Crippen molar-refractivity contribution in [2.24, 2.45) is 0 Å². The molecule has 4 nitrogen and oxygen atoms in total. The monoisotopic (exact) mass is 261 g/mol. The molecule has 1 heterocycles. The average molecular weight is 261 g/mol. The highest BCUT2D eigenvalue weighted by molar-refractivity contribution is 5.53. The van der Waals surface area contributed by atoms with Gasteiger partial charge in [0.2, 0.25) is 0 Å². The molecule has 0 aliphatic carbocycles. The minimum Gasteiger partial charge on any atom is -0.494 e. The van der Waals surface area contributed by atoms with Gasteiger partial charge in [-0.25, -0.2) is 0 Å². The van der Waals surface area contributed by atoms with Crippen molar-refractivity contribution < 1.29 is 14.3 Å².